The van der Waals surface area contributed by atoms with Crippen LogP contribution in [-0.2, 0) is 6.54 Å². The number of fused-ring (bicyclic) bond motifs is 1. The number of para-hydroxylation sites is 1. The van der Waals surface area contributed by atoms with Crippen molar-refractivity contribution in [2.75, 3.05) is 26.7 Å². The smallest absolute Gasteiger partial charge is 0.185 e. The molecule has 5 heteroatoms. The first-order valence-corrected chi connectivity index (χ1v) is 11.4. The predicted octanol–water partition coefficient (Wildman–Crippen LogP) is 5.03. The van der Waals surface area contributed by atoms with Crippen LogP contribution >= 0.6 is 0 Å². The Morgan fingerprint density at radius 3 is 2.44 bits per heavy atom. The number of aliphatic hydroxyl groups is 1. The van der Waals surface area contributed by atoms with Crippen LogP contribution in [0, 0.1) is 0 Å². The zero-order valence-electron chi connectivity index (χ0n) is 19.3. The van der Waals surface area contributed by atoms with Gasteiger partial charge < -0.3 is 19.3 Å². The molecule has 3 aromatic rings. The highest BCUT2D eigenvalue weighted by molar-refractivity contribution is 6.07. The van der Waals surface area contributed by atoms with Gasteiger partial charge in [0.15, 0.2) is 5.78 Å². The number of ether oxygens (including phenoxy) is 1. The Hall–Kier alpha value is -2.89. The average molecular weight is 435 g/mol. The third-order valence-electron chi connectivity index (χ3n) is 5.56. The normalized spacial score (nSPS) is 12.7. The predicted molar refractivity (Wildman–Crippen MR) is 131 cm³/mol. The number of allylic oxidation sites excluding steroid dienone is 1. The highest BCUT2D eigenvalue weighted by Gasteiger charge is 2.14. The topological polar surface area (TPSA) is 54.7 Å². The van der Waals surface area contributed by atoms with Crippen molar-refractivity contribution in [3.05, 3.63) is 71.9 Å². The van der Waals surface area contributed by atoms with Gasteiger partial charge in [0.2, 0.25) is 0 Å². The van der Waals surface area contributed by atoms with Crippen LogP contribution in [0.5, 0.6) is 5.75 Å². The van der Waals surface area contributed by atoms with E-state index in [0.717, 1.165) is 48.1 Å². The molecule has 0 fully saturated rings. The number of benzene rings is 2. The maximum atomic E-state index is 12.6. The molecule has 0 saturated heterocycles. The third kappa shape index (κ3) is 6.09. The summed E-state index contributed by atoms with van der Waals surface area (Å²) in [5, 5.41) is 11.8. The molecule has 0 bridgehead atoms. The minimum absolute atomic E-state index is 0.0562. The van der Waals surface area contributed by atoms with Crippen molar-refractivity contribution in [2.24, 2.45) is 0 Å². The van der Waals surface area contributed by atoms with E-state index in [1.54, 1.807) is 37.5 Å². The van der Waals surface area contributed by atoms with Gasteiger partial charge in [-0.15, -0.1) is 0 Å². The van der Waals surface area contributed by atoms with E-state index in [1.807, 2.05) is 24.4 Å². The number of hydrogen-bond acceptors (Lipinski definition) is 4. The molecule has 0 aliphatic carbocycles. The van der Waals surface area contributed by atoms with Crippen molar-refractivity contribution in [3.63, 3.8) is 0 Å². The molecule has 0 saturated carbocycles. The fraction of sp³-hybridized carbons (Fsp3) is 0.370. The van der Waals surface area contributed by atoms with E-state index < -0.39 is 6.10 Å². The summed E-state index contributed by atoms with van der Waals surface area (Å²) in [7, 11) is 1.61. The summed E-state index contributed by atoms with van der Waals surface area (Å²) < 4.78 is 7.25. The Balaban J connectivity index is 1.77. The summed E-state index contributed by atoms with van der Waals surface area (Å²) in [6.07, 6.45) is 7.19. The standard InChI is InChI=1S/C27H34N2O3/c1-4-16-28(17-5-2)19-23(30)20-29-18-22(25-8-6-7-9-26(25)29)12-15-27(31)21-10-13-24(32-3)14-11-21/h6-15,18,23,30H,4-5,16-17,19-20H2,1-3H3/b15-12-/t23-/m1/s1. The molecule has 0 aliphatic rings. The molecule has 0 spiro atoms. The highest BCUT2D eigenvalue weighted by Crippen LogP contribution is 2.23. The van der Waals surface area contributed by atoms with Crippen molar-refractivity contribution in [2.45, 2.75) is 39.3 Å². The van der Waals surface area contributed by atoms with Crippen molar-refractivity contribution >= 4 is 22.8 Å². The first-order chi connectivity index (χ1) is 15.5. The number of hydrogen-bond donors (Lipinski definition) is 1. The summed E-state index contributed by atoms with van der Waals surface area (Å²) in [4.78, 5) is 14.9. The van der Waals surface area contributed by atoms with Gasteiger partial charge in [0, 0.05) is 41.3 Å². The molecule has 1 atom stereocenters. The maximum absolute atomic E-state index is 12.6. The lowest BCUT2D eigenvalue weighted by Crippen LogP contribution is -2.35. The monoisotopic (exact) mass is 434 g/mol. The fourth-order valence-corrected chi connectivity index (χ4v) is 4.09. The largest absolute Gasteiger partial charge is 0.497 e. The van der Waals surface area contributed by atoms with Crippen LogP contribution in [0.3, 0.4) is 0 Å². The molecule has 1 aromatic heterocycles. The van der Waals surface area contributed by atoms with E-state index in [1.165, 1.54) is 0 Å². The van der Waals surface area contributed by atoms with Crippen LogP contribution in [0.25, 0.3) is 17.0 Å². The first-order valence-electron chi connectivity index (χ1n) is 11.4. The van der Waals surface area contributed by atoms with E-state index >= 15 is 0 Å². The summed E-state index contributed by atoms with van der Waals surface area (Å²) >= 11 is 0. The first kappa shape index (κ1) is 23.8. The number of aliphatic hydroxyl groups excluding tert-OH is 1. The Morgan fingerprint density at radius 2 is 1.78 bits per heavy atom. The van der Waals surface area contributed by atoms with Crippen molar-refractivity contribution in [1.82, 2.24) is 9.47 Å². The quantitative estimate of drug-likeness (QED) is 0.321. The van der Waals surface area contributed by atoms with Gasteiger partial charge in [0.1, 0.15) is 5.75 Å². The van der Waals surface area contributed by atoms with Crippen LogP contribution in [0.2, 0.25) is 0 Å². The van der Waals surface area contributed by atoms with Crippen molar-refractivity contribution in [1.29, 1.82) is 0 Å². The Kier molecular flexibility index (Phi) is 8.65. The molecule has 170 valence electrons. The second-order valence-corrected chi connectivity index (χ2v) is 8.13. The lowest BCUT2D eigenvalue weighted by Gasteiger charge is -2.24. The Bertz CT molecular complexity index is 1030. The van der Waals surface area contributed by atoms with Crippen LogP contribution in [-0.4, -0.2) is 53.2 Å². The number of aromatic nitrogens is 1. The number of carbonyl (C=O) groups is 1. The summed E-state index contributed by atoms with van der Waals surface area (Å²) in [6, 6.07) is 15.2. The van der Waals surface area contributed by atoms with Crippen LogP contribution in [0.15, 0.2) is 60.8 Å². The van der Waals surface area contributed by atoms with E-state index in [0.29, 0.717) is 18.7 Å². The summed E-state index contributed by atoms with van der Waals surface area (Å²) in [5.41, 5.74) is 2.64. The summed E-state index contributed by atoms with van der Waals surface area (Å²) in [5.74, 6) is 0.669. The minimum atomic E-state index is -0.457. The number of carbonyl (C=O) groups excluding carboxylic acids is 1. The molecule has 5 nitrogen and oxygen atoms in total. The molecule has 2 aromatic carbocycles. The van der Waals surface area contributed by atoms with Crippen LogP contribution in [0.1, 0.15) is 42.6 Å². The van der Waals surface area contributed by atoms with Gasteiger partial charge in [0.25, 0.3) is 0 Å². The molecule has 1 N–H and O–H groups in total. The van der Waals surface area contributed by atoms with E-state index in [4.69, 9.17) is 4.74 Å². The molecule has 0 radical (unpaired) electrons. The number of ketones is 1. The zero-order chi connectivity index (χ0) is 22.9. The lowest BCUT2D eigenvalue weighted by atomic mass is 10.1. The second kappa shape index (κ2) is 11.7. The number of nitrogens with zero attached hydrogens (tertiary/aromatic N) is 2. The Morgan fingerprint density at radius 1 is 1.09 bits per heavy atom. The van der Waals surface area contributed by atoms with Gasteiger partial charge in [-0.3, -0.25) is 4.79 Å². The SMILES string of the molecule is CCCN(CCC)C[C@@H](O)Cn1cc(/C=C\C(=O)c2ccc(OC)cc2)c2ccccc21. The second-order valence-electron chi connectivity index (χ2n) is 8.13. The van der Waals surface area contributed by atoms with E-state index in [9.17, 15) is 9.90 Å². The van der Waals surface area contributed by atoms with Gasteiger partial charge in [-0.1, -0.05) is 32.0 Å². The van der Waals surface area contributed by atoms with Gasteiger partial charge >= 0.3 is 0 Å². The van der Waals surface area contributed by atoms with Gasteiger partial charge in [-0.25, -0.2) is 0 Å². The lowest BCUT2D eigenvalue weighted by molar-refractivity contribution is 0.0988. The molecular formula is C27H34N2O3. The van der Waals surface area contributed by atoms with Crippen LogP contribution < -0.4 is 4.74 Å². The van der Waals surface area contributed by atoms with E-state index in [2.05, 4.69) is 35.4 Å². The summed E-state index contributed by atoms with van der Waals surface area (Å²) in [6.45, 7) is 7.51. The molecule has 32 heavy (non-hydrogen) atoms. The van der Waals surface area contributed by atoms with Gasteiger partial charge in [-0.05, 0) is 68.4 Å². The molecule has 3 rings (SSSR count). The van der Waals surface area contributed by atoms with Gasteiger partial charge in [0.05, 0.1) is 13.2 Å². The third-order valence-corrected chi connectivity index (χ3v) is 5.56. The average Bonchev–Trinajstić information content (AvgIpc) is 3.15. The maximum Gasteiger partial charge on any atom is 0.185 e. The molecule has 0 amide bonds. The van der Waals surface area contributed by atoms with Crippen molar-refractivity contribution < 1.29 is 14.6 Å². The molecule has 1 heterocycles. The molecule has 0 unspecified atom stereocenters. The highest BCUT2D eigenvalue weighted by atomic mass is 16.5. The molecule has 0 aliphatic heterocycles. The van der Waals surface area contributed by atoms with Gasteiger partial charge in [-0.2, -0.15) is 0 Å². The zero-order valence-corrected chi connectivity index (χ0v) is 19.3. The number of rotatable bonds is 12. The Labute approximate surface area is 190 Å². The number of methoxy groups -OCH3 is 1. The van der Waals surface area contributed by atoms with Crippen LogP contribution in [0.4, 0.5) is 0 Å². The molecular weight excluding hydrogens is 400 g/mol. The van der Waals surface area contributed by atoms with E-state index in [-0.39, 0.29) is 5.78 Å². The fourth-order valence-electron chi connectivity index (χ4n) is 4.09. The van der Waals surface area contributed by atoms with Crippen molar-refractivity contribution in [3.8, 4) is 5.75 Å². The minimum Gasteiger partial charge on any atom is -0.497 e.